The molecule has 1 N–H and O–H groups in total. The number of carbonyl (C=O) groups excluding carboxylic acids is 1. The van der Waals surface area contributed by atoms with Gasteiger partial charge in [-0.05, 0) is 33.2 Å². The monoisotopic (exact) mass is 372 g/mol. The number of hydrogen-bond donors (Lipinski definition) is 1. The Morgan fingerprint density at radius 2 is 2.00 bits per heavy atom. The Balaban J connectivity index is 1.77. The van der Waals surface area contributed by atoms with Gasteiger partial charge in [0.25, 0.3) is 5.91 Å². The molecule has 0 aliphatic rings. The van der Waals surface area contributed by atoms with Gasteiger partial charge in [0.05, 0.1) is 29.8 Å². The number of benzene rings is 1. The van der Waals surface area contributed by atoms with Crippen molar-refractivity contribution in [3.63, 3.8) is 0 Å². The molecule has 0 unspecified atom stereocenters. The zero-order valence-electron chi connectivity index (χ0n) is 15.0. The van der Waals surface area contributed by atoms with E-state index in [1.807, 2.05) is 44.4 Å². The lowest BCUT2D eigenvalue weighted by atomic mass is 10.2. The Morgan fingerprint density at radius 3 is 2.69 bits per heavy atom. The molecule has 0 spiro atoms. The van der Waals surface area contributed by atoms with E-state index < -0.39 is 0 Å². The second-order valence-electron chi connectivity index (χ2n) is 6.25. The number of aromatic nitrogens is 4. The molecular formula is C18H21ClN6O. The first-order valence-electron chi connectivity index (χ1n) is 8.25. The Bertz CT molecular complexity index is 900. The molecule has 3 aromatic rings. The van der Waals surface area contributed by atoms with Crippen molar-refractivity contribution >= 4 is 23.2 Å². The minimum absolute atomic E-state index is 0.284. The number of anilines is 1. The summed E-state index contributed by atoms with van der Waals surface area (Å²) in [5.41, 5.74) is 2.35. The van der Waals surface area contributed by atoms with E-state index in [0.29, 0.717) is 16.9 Å². The van der Waals surface area contributed by atoms with Crippen molar-refractivity contribution in [2.24, 2.45) is 0 Å². The molecule has 26 heavy (non-hydrogen) atoms. The second kappa shape index (κ2) is 7.72. The highest BCUT2D eigenvalue weighted by molar-refractivity contribution is 6.34. The average molecular weight is 373 g/mol. The van der Waals surface area contributed by atoms with Gasteiger partial charge in [-0.2, -0.15) is 10.2 Å². The van der Waals surface area contributed by atoms with Crippen LogP contribution in [0, 0.1) is 6.92 Å². The summed E-state index contributed by atoms with van der Waals surface area (Å²) in [5.74, 6) is -0.304. The summed E-state index contributed by atoms with van der Waals surface area (Å²) in [5, 5.41) is 11.8. The normalized spacial score (nSPS) is 11.1. The number of rotatable bonds is 6. The third-order valence-electron chi connectivity index (χ3n) is 3.90. The number of likely N-dealkylation sites (N-methyl/N-ethyl adjacent to an activating group) is 1. The van der Waals surface area contributed by atoms with Gasteiger partial charge < -0.3 is 10.2 Å². The average Bonchev–Trinajstić information content (AvgIpc) is 3.17. The Kier molecular flexibility index (Phi) is 5.39. The van der Waals surface area contributed by atoms with Gasteiger partial charge in [0.15, 0.2) is 0 Å². The van der Waals surface area contributed by atoms with Crippen LogP contribution >= 0.6 is 11.6 Å². The van der Waals surface area contributed by atoms with E-state index in [0.717, 1.165) is 18.8 Å². The first-order chi connectivity index (χ1) is 12.5. The molecule has 8 heteroatoms. The van der Waals surface area contributed by atoms with Crippen molar-refractivity contribution < 1.29 is 4.79 Å². The second-order valence-corrected chi connectivity index (χ2v) is 6.61. The van der Waals surface area contributed by atoms with Crippen LogP contribution in [0.2, 0.25) is 5.15 Å². The standard InChI is InChI=1S/C18H21ClN6O/c1-13-16(17(19)25(22-13)15-7-5-4-6-8-15)18(26)21-14-11-20-24(12-14)10-9-23(2)3/h4-8,11-12H,9-10H2,1-3H3,(H,21,26). The predicted octanol–water partition coefficient (Wildman–Crippen LogP) is 2.84. The molecule has 2 heterocycles. The summed E-state index contributed by atoms with van der Waals surface area (Å²) >= 11 is 6.43. The van der Waals surface area contributed by atoms with Gasteiger partial charge in [0.1, 0.15) is 10.7 Å². The van der Waals surface area contributed by atoms with Crippen LogP contribution in [0.15, 0.2) is 42.7 Å². The van der Waals surface area contributed by atoms with Crippen LogP contribution in [0.3, 0.4) is 0 Å². The van der Waals surface area contributed by atoms with Crippen molar-refractivity contribution in [3.8, 4) is 5.69 Å². The van der Waals surface area contributed by atoms with Crippen molar-refractivity contribution in [3.05, 3.63) is 59.1 Å². The van der Waals surface area contributed by atoms with Crippen LogP contribution in [-0.2, 0) is 6.54 Å². The molecule has 1 aromatic carbocycles. The van der Waals surface area contributed by atoms with Crippen LogP contribution in [0.4, 0.5) is 5.69 Å². The number of hydrogen-bond acceptors (Lipinski definition) is 4. The molecule has 0 aliphatic heterocycles. The number of amides is 1. The lowest BCUT2D eigenvalue weighted by Gasteiger charge is -2.08. The van der Waals surface area contributed by atoms with E-state index in [1.165, 1.54) is 0 Å². The summed E-state index contributed by atoms with van der Waals surface area (Å²) in [7, 11) is 4.00. The first kappa shape index (κ1) is 18.2. The molecule has 0 fully saturated rings. The maximum absolute atomic E-state index is 12.7. The highest BCUT2D eigenvalue weighted by atomic mass is 35.5. The fourth-order valence-electron chi connectivity index (χ4n) is 2.54. The summed E-state index contributed by atoms with van der Waals surface area (Å²) in [6.07, 6.45) is 3.42. The lowest BCUT2D eigenvalue weighted by Crippen LogP contribution is -2.18. The fourth-order valence-corrected chi connectivity index (χ4v) is 2.90. The number of para-hydroxylation sites is 1. The predicted molar refractivity (Wildman–Crippen MR) is 102 cm³/mol. The number of carbonyl (C=O) groups is 1. The van der Waals surface area contributed by atoms with E-state index in [2.05, 4.69) is 20.4 Å². The molecule has 0 saturated carbocycles. The van der Waals surface area contributed by atoms with Gasteiger partial charge >= 0.3 is 0 Å². The smallest absolute Gasteiger partial charge is 0.260 e. The lowest BCUT2D eigenvalue weighted by molar-refractivity contribution is 0.102. The highest BCUT2D eigenvalue weighted by Crippen LogP contribution is 2.24. The fraction of sp³-hybridized carbons (Fsp3) is 0.278. The van der Waals surface area contributed by atoms with Crippen LogP contribution in [0.5, 0.6) is 0 Å². The van der Waals surface area contributed by atoms with Crippen molar-refractivity contribution in [2.45, 2.75) is 13.5 Å². The van der Waals surface area contributed by atoms with Gasteiger partial charge in [0, 0.05) is 12.7 Å². The topological polar surface area (TPSA) is 68.0 Å². The first-order valence-corrected chi connectivity index (χ1v) is 8.62. The van der Waals surface area contributed by atoms with Gasteiger partial charge in [-0.1, -0.05) is 29.8 Å². The Hall–Kier alpha value is -2.64. The van der Waals surface area contributed by atoms with Crippen molar-refractivity contribution in [1.82, 2.24) is 24.5 Å². The third kappa shape index (κ3) is 3.95. The molecular weight excluding hydrogens is 352 g/mol. The molecule has 0 radical (unpaired) electrons. The van der Waals surface area contributed by atoms with Crippen molar-refractivity contribution in [1.29, 1.82) is 0 Å². The van der Waals surface area contributed by atoms with Gasteiger partial charge in [-0.25, -0.2) is 4.68 Å². The maximum Gasteiger partial charge on any atom is 0.260 e. The Morgan fingerprint density at radius 1 is 1.27 bits per heavy atom. The van der Waals surface area contributed by atoms with Gasteiger partial charge in [-0.15, -0.1) is 0 Å². The quantitative estimate of drug-likeness (QED) is 0.722. The molecule has 0 atom stereocenters. The zero-order valence-corrected chi connectivity index (χ0v) is 15.7. The van der Waals surface area contributed by atoms with Crippen molar-refractivity contribution in [2.75, 3.05) is 26.0 Å². The van der Waals surface area contributed by atoms with E-state index >= 15 is 0 Å². The number of halogens is 1. The van der Waals surface area contributed by atoms with E-state index in [9.17, 15) is 4.79 Å². The minimum Gasteiger partial charge on any atom is -0.319 e. The van der Waals surface area contributed by atoms with Crippen LogP contribution in [-0.4, -0.2) is 51.0 Å². The van der Waals surface area contributed by atoms with E-state index in [-0.39, 0.29) is 11.1 Å². The number of aryl methyl sites for hydroxylation is 1. The molecule has 7 nitrogen and oxygen atoms in total. The molecule has 3 rings (SSSR count). The summed E-state index contributed by atoms with van der Waals surface area (Å²) in [6, 6.07) is 9.47. The number of nitrogens with one attached hydrogen (secondary N) is 1. The van der Waals surface area contributed by atoms with Crippen LogP contribution in [0.25, 0.3) is 5.69 Å². The largest absolute Gasteiger partial charge is 0.319 e. The highest BCUT2D eigenvalue weighted by Gasteiger charge is 2.21. The van der Waals surface area contributed by atoms with E-state index in [1.54, 1.807) is 28.7 Å². The maximum atomic E-state index is 12.7. The minimum atomic E-state index is -0.304. The van der Waals surface area contributed by atoms with Crippen LogP contribution in [0.1, 0.15) is 16.1 Å². The summed E-state index contributed by atoms with van der Waals surface area (Å²) < 4.78 is 3.35. The Labute approximate surface area is 157 Å². The van der Waals surface area contributed by atoms with Crippen LogP contribution < -0.4 is 5.32 Å². The van der Waals surface area contributed by atoms with E-state index in [4.69, 9.17) is 11.6 Å². The molecule has 136 valence electrons. The number of nitrogens with zero attached hydrogens (tertiary/aromatic N) is 5. The molecule has 0 bridgehead atoms. The zero-order chi connectivity index (χ0) is 18.7. The summed E-state index contributed by atoms with van der Waals surface area (Å²) in [6.45, 7) is 3.37. The SMILES string of the molecule is Cc1nn(-c2ccccc2)c(Cl)c1C(=O)Nc1cnn(CCN(C)C)c1. The molecule has 0 aliphatic carbocycles. The molecule has 2 aromatic heterocycles. The third-order valence-corrected chi connectivity index (χ3v) is 4.25. The molecule has 0 saturated heterocycles. The van der Waals surface area contributed by atoms with Gasteiger partial charge in [0.2, 0.25) is 0 Å². The molecule has 1 amide bonds. The summed E-state index contributed by atoms with van der Waals surface area (Å²) in [4.78, 5) is 14.8. The van der Waals surface area contributed by atoms with Gasteiger partial charge in [-0.3, -0.25) is 9.48 Å².